The van der Waals surface area contributed by atoms with E-state index in [4.69, 9.17) is 0 Å². The van der Waals surface area contributed by atoms with Crippen LogP contribution in [0.1, 0.15) is 11.7 Å². The van der Waals surface area contributed by atoms with Gasteiger partial charge in [-0.2, -0.15) is 0 Å². The first-order valence-electron chi connectivity index (χ1n) is 6.26. The summed E-state index contributed by atoms with van der Waals surface area (Å²) in [6, 6.07) is 16.4. The van der Waals surface area contributed by atoms with Crippen molar-refractivity contribution in [2.24, 2.45) is 0 Å². The van der Waals surface area contributed by atoms with Crippen LogP contribution in [0.25, 0.3) is 10.1 Å². The standard InChI is InChI=1S/C16H13BrOS2/c17-12-4-2-5-13(9-12)20-10-15(18)14-6-1-3-11-7-8-19-16(11)14/h1-9,15,18H,10H2. The first-order valence-corrected chi connectivity index (χ1v) is 8.92. The Hall–Kier alpha value is -0.810. The van der Waals surface area contributed by atoms with Crippen molar-refractivity contribution in [2.45, 2.75) is 11.0 Å². The topological polar surface area (TPSA) is 20.2 Å². The Labute approximate surface area is 134 Å². The van der Waals surface area contributed by atoms with Crippen molar-refractivity contribution in [1.82, 2.24) is 0 Å². The summed E-state index contributed by atoms with van der Waals surface area (Å²) < 4.78 is 2.26. The molecule has 1 aromatic heterocycles. The Morgan fingerprint density at radius 1 is 1.15 bits per heavy atom. The summed E-state index contributed by atoms with van der Waals surface area (Å²) in [5.74, 6) is 0.660. The molecule has 0 spiro atoms. The van der Waals surface area contributed by atoms with Crippen LogP contribution in [0.2, 0.25) is 0 Å². The molecular formula is C16H13BrOS2. The van der Waals surface area contributed by atoms with Crippen LogP contribution < -0.4 is 0 Å². The number of aliphatic hydroxyl groups excluding tert-OH is 1. The Morgan fingerprint density at radius 2 is 2.00 bits per heavy atom. The average molecular weight is 365 g/mol. The molecule has 0 bridgehead atoms. The fourth-order valence-corrected chi connectivity index (χ4v) is 4.53. The van der Waals surface area contributed by atoms with Gasteiger partial charge < -0.3 is 5.11 Å². The summed E-state index contributed by atoms with van der Waals surface area (Å²) in [5, 5.41) is 13.7. The zero-order valence-electron chi connectivity index (χ0n) is 10.6. The number of thiophene rings is 1. The van der Waals surface area contributed by atoms with E-state index in [0.29, 0.717) is 5.75 Å². The molecule has 1 unspecified atom stereocenters. The van der Waals surface area contributed by atoms with Crippen molar-refractivity contribution in [1.29, 1.82) is 0 Å². The minimum atomic E-state index is -0.443. The van der Waals surface area contributed by atoms with Gasteiger partial charge in [-0.05, 0) is 40.6 Å². The molecule has 0 fully saturated rings. The number of rotatable bonds is 4. The van der Waals surface area contributed by atoms with Crippen LogP contribution in [0.3, 0.4) is 0 Å². The second-order valence-corrected chi connectivity index (χ2v) is 7.40. The quantitative estimate of drug-likeness (QED) is 0.617. The third-order valence-electron chi connectivity index (χ3n) is 3.07. The van der Waals surface area contributed by atoms with Crippen LogP contribution in [-0.4, -0.2) is 10.9 Å². The zero-order valence-corrected chi connectivity index (χ0v) is 13.8. The van der Waals surface area contributed by atoms with Gasteiger partial charge in [0.2, 0.25) is 0 Å². The van der Waals surface area contributed by atoms with Crippen molar-refractivity contribution in [3.05, 3.63) is 63.9 Å². The number of halogens is 1. The maximum atomic E-state index is 10.4. The van der Waals surface area contributed by atoms with Crippen LogP contribution in [0.15, 0.2) is 63.3 Å². The first-order chi connectivity index (χ1) is 9.74. The molecule has 0 aliphatic rings. The summed E-state index contributed by atoms with van der Waals surface area (Å²) >= 11 is 6.83. The Morgan fingerprint density at radius 3 is 2.85 bits per heavy atom. The van der Waals surface area contributed by atoms with Crippen molar-refractivity contribution < 1.29 is 5.11 Å². The molecule has 3 aromatic rings. The molecule has 1 atom stereocenters. The molecule has 0 amide bonds. The normalized spacial score (nSPS) is 12.7. The molecule has 1 N–H and O–H groups in total. The van der Waals surface area contributed by atoms with E-state index in [-0.39, 0.29) is 0 Å². The lowest BCUT2D eigenvalue weighted by Gasteiger charge is -2.12. The molecule has 0 radical (unpaired) electrons. The Kier molecular flexibility index (Phi) is 4.46. The van der Waals surface area contributed by atoms with Gasteiger partial charge in [-0.15, -0.1) is 23.1 Å². The highest BCUT2D eigenvalue weighted by Crippen LogP contribution is 2.32. The van der Waals surface area contributed by atoms with Crippen LogP contribution in [0, 0.1) is 0 Å². The number of benzene rings is 2. The molecule has 0 saturated carbocycles. The van der Waals surface area contributed by atoms with Gasteiger partial charge in [0.05, 0.1) is 6.10 Å². The Balaban J connectivity index is 1.76. The maximum Gasteiger partial charge on any atom is 0.0897 e. The number of aliphatic hydroxyl groups is 1. The monoisotopic (exact) mass is 364 g/mol. The summed E-state index contributed by atoms with van der Waals surface area (Å²) in [6.07, 6.45) is -0.443. The molecule has 102 valence electrons. The highest BCUT2D eigenvalue weighted by Gasteiger charge is 2.12. The largest absolute Gasteiger partial charge is 0.387 e. The van der Waals surface area contributed by atoms with Crippen LogP contribution in [-0.2, 0) is 0 Å². The van der Waals surface area contributed by atoms with Gasteiger partial charge in [-0.3, -0.25) is 0 Å². The molecule has 1 nitrogen and oxygen atoms in total. The third-order valence-corrected chi connectivity index (χ3v) is 5.61. The van der Waals surface area contributed by atoms with Crippen LogP contribution in [0.4, 0.5) is 0 Å². The highest BCUT2D eigenvalue weighted by atomic mass is 79.9. The second-order valence-electron chi connectivity index (χ2n) is 4.47. The van der Waals surface area contributed by atoms with Crippen molar-refractivity contribution in [2.75, 3.05) is 5.75 Å². The fourth-order valence-electron chi connectivity index (χ4n) is 2.10. The predicted octanol–water partition coefficient (Wildman–Crippen LogP) is 5.49. The van der Waals surface area contributed by atoms with E-state index < -0.39 is 6.10 Å². The third kappa shape index (κ3) is 3.09. The molecule has 0 aliphatic carbocycles. The van der Waals surface area contributed by atoms with Crippen LogP contribution >= 0.6 is 39.0 Å². The van der Waals surface area contributed by atoms with E-state index in [0.717, 1.165) is 14.9 Å². The lowest BCUT2D eigenvalue weighted by atomic mass is 10.1. The van der Waals surface area contributed by atoms with E-state index in [2.05, 4.69) is 45.6 Å². The minimum Gasteiger partial charge on any atom is -0.387 e. The Bertz CT molecular complexity index is 723. The van der Waals surface area contributed by atoms with E-state index >= 15 is 0 Å². The van der Waals surface area contributed by atoms with Gasteiger partial charge in [-0.1, -0.05) is 40.2 Å². The minimum absolute atomic E-state index is 0.443. The SMILES string of the molecule is OC(CSc1cccc(Br)c1)c1cccc2ccsc12. The zero-order chi connectivity index (χ0) is 13.9. The lowest BCUT2D eigenvalue weighted by molar-refractivity contribution is 0.206. The molecule has 4 heteroatoms. The van der Waals surface area contributed by atoms with E-state index in [9.17, 15) is 5.11 Å². The number of fused-ring (bicyclic) bond motifs is 1. The van der Waals surface area contributed by atoms with E-state index in [1.807, 2.05) is 24.3 Å². The molecule has 3 rings (SSSR count). The number of thioether (sulfide) groups is 1. The molecule has 2 aromatic carbocycles. The molecule has 20 heavy (non-hydrogen) atoms. The summed E-state index contributed by atoms with van der Waals surface area (Å²) in [7, 11) is 0. The van der Waals surface area contributed by atoms with E-state index in [1.165, 1.54) is 10.1 Å². The van der Waals surface area contributed by atoms with Gasteiger partial charge in [0.1, 0.15) is 0 Å². The predicted molar refractivity (Wildman–Crippen MR) is 91.7 cm³/mol. The van der Waals surface area contributed by atoms with Gasteiger partial charge in [0.15, 0.2) is 0 Å². The van der Waals surface area contributed by atoms with Crippen molar-refractivity contribution in [3.8, 4) is 0 Å². The number of hydrogen-bond donors (Lipinski definition) is 1. The van der Waals surface area contributed by atoms with Gasteiger partial charge in [-0.25, -0.2) is 0 Å². The van der Waals surface area contributed by atoms with Gasteiger partial charge in [0, 0.05) is 19.8 Å². The van der Waals surface area contributed by atoms with Gasteiger partial charge >= 0.3 is 0 Å². The van der Waals surface area contributed by atoms with Crippen molar-refractivity contribution in [3.63, 3.8) is 0 Å². The lowest BCUT2D eigenvalue weighted by Crippen LogP contribution is -2.00. The van der Waals surface area contributed by atoms with E-state index in [1.54, 1.807) is 23.1 Å². The first kappa shape index (κ1) is 14.1. The fraction of sp³-hybridized carbons (Fsp3) is 0.125. The molecule has 1 heterocycles. The summed E-state index contributed by atoms with van der Waals surface area (Å²) in [5.41, 5.74) is 1.03. The summed E-state index contributed by atoms with van der Waals surface area (Å²) in [6.45, 7) is 0. The summed E-state index contributed by atoms with van der Waals surface area (Å²) in [4.78, 5) is 1.16. The highest BCUT2D eigenvalue weighted by molar-refractivity contribution is 9.10. The molecule has 0 saturated heterocycles. The van der Waals surface area contributed by atoms with Crippen molar-refractivity contribution >= 4 is 49.1 Å². The smallest absolute Gasteiger partial charge is 0.0897 e. The average Bonchev–Trinajstić information content (AvgIpc) is 2.93. The molecular weight excluding hydrogens is 352 g/mol. The second kappa shape index (κ2) is 6.31. The number of hydrogen-bond acceptors (Lipinski definition) is 3. The van der Waals surface area contributed by atoms with Crippen LogP contribution in [0.5, 0.6) is 0 Å². The maximum absolute atomic E-state index is 10.4. The van der Waals surface area contributed by atoms with Gasteiger partial charge in [0.25, 0.3) is 0 Å². The molecule has 0 aliphatic heterocycles.